The third-order valence-corrected chi connectivity index (χ3v) is 5.00. The van der Waals surface area contributed by atoms with Gasteiger partial charge in [-0.05, 0) is 44.4 Å². The highest BCUT2D eigenvalue weighted by Gasteiger charge is 2.33. The number of nitrogens with one attached hydrogen (secondary N) is 1. The maximum absolute atomic E-state index is 12.4. The number of aliphatic carboxylic acids is 1. The van der Waals surface area contributed by atoms with Crippen molar-refractivity contribution in [1.82, 2.24) is 10.2 Å². The number of nitrogens with zero attached hydrogens (tertiary/aromatic N) is 1. The Morgan fingerprint density at radius 1 is 1.19 bits per heavy atom. The lowest BCUT2D eigenvalue weighted by molar-refractivity contribution is -0.142. The first-order chi connectivity index (χ1) is 10.1. The fourth-order valence-corrected chi connectivity index (χ4v) is 3.83. The van der Waals surface area contributed by atoms with Gasteiger partial charge in [0, 0.05) is 19.1 Å². The van der Waals surface area contributed by atoms with Gasteiger partial charge in [-0.15, -0.1) is 0 Å². The van der Waals surface area contributed by atoms with Crippen molar-refractivity contribution >= 4 is 12.0 Å². The summed E-state index contributed by atoms with van der Waals surface area (Å²) in [4.78, 5) is 25.5. The molecule has 2 amide bonds. The van der Waals surface area contributed by atoms with Crippen molar-refractivity contribution in [3.63, 3.8) is 0 Å². The zero-order valence-electron chi connectivity index (χ0n) is 13.0. The van der Waals surface area contributed by atoms with Crippen LogP contribution >= 0.6 is 0 Å². The van der Waals surface area contributed by atoms with Crippen LogP contribution in [-0.2, 0) is 4.79 Å². The highest BCUT2D eigenvalue weighted by Crippen LogP contribution is 2.31. The molecule has 0 bridgehead atoms. The van der Waals surface area contributed by atoms with Gasteiger partial charge in [-0.2, -0.15) is 0 Å². The summed E-state index contributed by atoms with van der Waals surface area (Å²) in [6.07, 6.45) is 8.16. The molecule has 2 rings (SSSR count). The minimum atomic E-state index is -0.714. The van der Waals surface area contributed by atoms with Crippen LogP contribution in [0.5, 0.6) is 0 Å². The number of hydrogen-bond donors (Lipinski definition) is 2. The fourth-order valence-electron chi connectivity index (χ4n) is 3.83. The van der Waals surface area contributed by atoms with Gasteiger partial charge in [-0.3, -0.25) is 4.79 Å². The van der Waals surface area contributed by atoms with Crippen LogP contribution in [0.3, 0.4) is 0 Å². The number of carbonyl (C=O) groups excluding carboxylic acids is 1. The second-order valence-electron chi connectivity index (χ2n) is 6.45. The Morgan fingerprint density at radius 3 is 2.71 bits per heavy atom. The first-order valence-electron chi connectivity index (χ1n) is 8.40. The molecule has 3 unspecified atom stereocenters. The Kier molecular flexibility index (Phi) is 5.88. The van der Waals surface area contributed by atoms with Crippen LogP contribution in [0.2, 0.25) is 0 Å². The zero-order valence-corrected chi connectivity index (χ0v) is 13.0. The highest BCUT2D eigenvalue weighted by molar-refractivity contribution is 5.75. The number of likely N-dealkylation sites (tertiary alicyclic amines) is 1. The Balaban J connectivity index is 1.84. The van der Waals surface area contributed by atoms with Gasteiger partial charge in [0.15, 0.2) is 0 Å². The number of piperidine rings is 1. The summed E-state index contributed by atoms with van der Waals surface area (Å²) in [7, 11) is 0. The molecule has 2 N–H and O–H groups in total. The quantitative estimate of drug-likeness (QED) is 0.819. The Bertz CT molecular complexity index is 371. The van der Waals surface area contributed by atoms with Crippen LogP contribution in [0.15, 0.2) is 0 Å². The van der Waals surface area contributed by atoms with E-state index in [2.05, 4.69) is 12.2 Å². The molecular weight excluding hydrogens is 268 g/mol. The van der Waals surface area contributed by atoms with Gasteiger partial charge in [0.1, 0.15) is 0 Å². The summed E-state index contributed by atoms with van der Waals surface area (Å²) in [6.45, 7) is 3.50. The summed E-state index contributed by atoms with van der Waals surface area (Å²) >= 11 is 0. The minimum Gasteiger partial charge on any atom is -0.481 e. The van der Waals surface area contributed by atoms with Crippen molar-refractivity contribution in [3.05, 3.63) is 0 Å². The summed E-state index contributed by atoms with van der Waals surface area (Å²) in [5.41, 5.74) is 0. The normalized spacial score (nSPS) is 29.4. The van der Waals surface area contributed by atoms with Gasteiger partial charge in [0.2, 0.25) is 0 Å². The Morgan fingerprint density at radius 2 is 2.00 bits per heavy atom. The zero-order chi connectivity index (χ0) is 15.2. The summed E-state index contributed by atoms with van der Waals surface area (Å²) in [5, 5.41) is 12.2. The molecule has 0 aromatic rings. The number of carboxylic acid groups (broad SMARTS) is 1. The smallest absolute Gasteiger partial charge is 0.317 e. The average Bonchev–Trinajstić information content (AvgIpc) is 2.94. The topological polar surface area (TPSA) is 69.6 Å². The number of rotatable bonds is 5. The van der Waals surface area contributed by atoms with Crippen LogP contribution in [-0.4, -0.2) is 41.1 Å². The fraction of sp³-hybridized carbons (Fsp3) is 0.875. The molecule has 0 aromatic carbocycles. The molecule has 1 aliphatic carbocycles. The van der Waals surface area contributed by atoms with E-state index in [9.17, 15) is 14.7 Å². The third kappa shape index (κ3) is 4.11. The van der Waals surface area contributed by atoms with Crippen LogP contribution in [0, 0.1) is 11.8 Å². The van der Waals surface area contributed by atoms with Crippen molar-refractivity contribution in [2.75, 3.05) is 13.1 Å². The van der Waals surface area contributed by atoms with E-state index < -0.39 is 5.97 Å². The van der Waals surface area contributed by atoms with E-state index in [1.807, 2.05) is 4.90 Å². The average molecular weight is 296 g/mol. The minimum absolute atomic E-state index is 0.00388. The van der Waals surface area contributed by atoms with Crippen molar-refractivity contribution < 1.29 is 14.7 Å². The molecule has 0 aromatic heterocycles. The standard InChI is InChI=1S/C16H28N2O3/c1-2-6-13-8-3-4-10-18(13)16(21)17-11-12-7-5-9-14(12)15(19)20/h12-14H,2-11H2,1H3,(H,17,21)(H,19,20). The maximum atomic E-state index is 12.4. The van der Waals surface area contributed by atoms with Crippen molar-refractivity contribution in [2.45, 2.75) is 64.3 Å². The van der Waals surface area contributed by atoms with Crippen LogP contribution < -0.4 is 5.32 Å². The predicted octanol–water partition coefficient (Wildman–Crippen LogP) is 2.85. The van der Waals surface area contributed by atoms with Crippen molar-refractivity contribution in [3.8, 4) is 0 Å². The number of amides is 2. The van der Waals surface area contributed by atoms with Crippen LogP contribution in [0.25, 0.3) is 0 Å². The molecule has 1 aliphatic heterocycles. The van der Waals surface area contributed by atoms with Crippen LogP contribution in [0.4, 0.5) is 4.79 Å². The van der Waals surface area contributed by atoms with Crippen LogP contribution in [0.1, 0.15) is 58.3 Å². The molecule has 2 fully saturated rings. The first-order valence-corrected chi connectivity index (χ1v) is 8.40. The molecule has 3 atom stereocenters. The largest absolute Gasteiger partial charge is 0.481 e. The first kappa shape index (κ1) is 16.1. The molecule has 1 saturated heterocycles. The van der Waals surface area contributed by atoms with E-state index in [1.165, 1.54) is 6.42 Å². The van der Waals surface area contributed by atoms with Gasteiger partial charge >= 0.3 is 12.0 Å². The Labute approximate surface area is 127 Å². The van der Waals surface area contributed by atoms with Gasteiger partial charge in [-0.25, -0.2) is 4.79 Å². The second-order valence-corrected chi connectivity index (χ2v) is 6.45. The monoisotopic (exact) mass is 296 g/mol. The van der Waals surface area contributed by atoms with E-state index in [-0.39, 0.29) is 17.9 Å². The molecule has 2 aliphatic rings. The molecule has 120 valence electrons. The number of urea groups is 1. The van der Waals surface area contributed by atoms with E-state index in [1.54, 1.807) is 0 Å². The molecule has 1 saturated carbocycles. The third-order valence-electron chi connectivity index (χ3n) is 5.00. The summed E-state index contributed by atoms with van der Waals surface area (Å²) in [5.74, 6) is -0.896. The predicted molar refractivity (Wildman–Crippen MR) is 81.1 cm³/mol. The molecule has 0 spiro atoms. The van der Waals surface area contributed by atoms with Crippen molar-refractivity contribution in [1.29, 1.82) is 0 Å². The molecular formula is C16H28N2O3. The van der Waals surface area contributed by atoms with Gasteiger partial charge in [0.25, 0.3) is 0 Å². The number of carboxylic acids is 1. The van der Waals surface area contributed by atoms with E-state index in [0.717, 1.165) is 51.5 Å². The number of carbonyl (C=O) groups is 2. The molecule has 5 heteroatoms. The van der Waals surface area contributed by atoms with Gasteiger partial charge in [0.05, 0.1) is 5.92 Å². The summed E-state index contributed by atoms with van der Waals surface area (Å²) in [6, 6.07) is 0.367. The summed E-state index contributed by atoms with van der Waals surface area (Å²) < 4.78 is 0. The lowest BCUT2D eigenvalue weighted by Gasteiger charge is -2.36. The molecule has 21 heavy (non-hydrogen) atoms. The van der Waals surface area contributed by atoms with E-state index in [0.29, 0.717) is 12.6 Å². The Hall–Kier alpha value is -1.26. The lowest BCUT2D eigenvalue weighted by Crippen LogP contribution is -2.49. The second kappa shape index (κ2) is 7.66. The molecule has 0 radical (unpaired) electrons. The van der Waals surface area contributed by atoms with Crippen molar-refractivity contribution in [2.24, 2.45) is 11.8 Å². The number of hydrogen-bond acceptors (Lipinski definition) is 2. The van der Waals surface area contributed by atoms with Gasteiger partial charge in [-0.1, -0.05) is 19.8 Å². The van der Waals surface area contributed by atoms with Gasteiger partial charge < -0.3 is 15.3 Å². The van der Waals surface area contributed by atoms with E-state index in [4.69, 9.17) is 0 Å². The SMILES string of the molecule is CCCC1CCCCN1C(=O)NCC1CCCC1C(=O)O. The molecule has 1 heterocycles. The lowest BCUT2D eigenvalue weighted by atomic mass is 9.96. The van der Waals surface area contributed by atoms with E-state index >= 15 is 0 Å². The molecule has 5 nitrogen and oxygen atoms in total. The highest BCUT2D eigenvalue weighted by atomic mass is 16.4. The maximum Gasteiger partial charge on any atom is 0.317 e.